The van der Waals surface area contributed by atoms with Gasteiger partial charge in [-0.05, 0) is 48.2 Å². The Labute approximate surface area is 198 Å². The van der Waals surface area contributed by atoms with Gasteiger partial charge in [0.25, 0.3) is 0 Å². The van der Waals surface area contributed by atoms with E-state index in [0.29, 0.717) is 36.2 Å². The van der Waals surface area contributed by atoms with Crippen molar-refractivity contribution in [3.63, 3.8) is 0 Å². The van der Waals surface area contributed by atoms with Crippen LogP contribution in [0.5, 0.6) is 5.75 Å². The number of sulfone groups is 1. The number of aromatic nitrogens is 2. The summed E-state index contributed by atoms with van der Waals surface area (Å²) >= 11 is 0. The van der Waals surface area contributed by atoms with Crippen LogP contribution in [0.3, 0.4) is 0 Å². The molecule has 0 fully saturated rings. The number of aliphatic imine (C=N–C) groups is 1. The Morgan fingerprint density at radius 1 is 1.29 bits per heavy atom. The SMILES string of the molecule is C=NCc1cc(-c2ccnc(Nc3ccc(S(C)(=O)=O)cc3OC)n2)cc2c1NC[C@]2(C)CO. The van der Waals surface area contributed by atoms with E-state index in [-0.39, 0.29) is 11.5 Å². The first kappa shape index (κ1) is 23.7. The third-order valence-corrected chi connectivity index (χ3v) is 7.07. The normalized spacial score (nSPS) is 17.1. The molecule has 0 amide bonds. The smallest absolute Gasteiger partial charge is 0.227 e. The fourth-order valence-electron chi connectivity index (χ4n) is 4.01. The zero-order valence-electron chi connectivity index (χ0n) is 19.3. The highest BCUT2D eigenvalue weighted by Crippen LogP contribution is 2.41. The molecule has 0 saturated carbocycles. The zero-order chi connectivity index (χ0) is 24.5. The summed E-state index contributed by atoms with van der Waals surface area (Å²) in [5.74, 6) is 0.688. The van der Waals surface area contributed by atoms with Gasteiger partial charge in [0.05, 0.1) is 36.5 Å². The fourth-order valence-corrected chi connectivity index (χ4v) is 4.64. The van der Waals surface area contributed by atoms with Gasteiger partial charge in [0.1, 0.15) is 5.75 Å². The van der Waals surface area contributed by atoms with Crippen molar-refractivity contribution in [3.8, 4) is 17.0 Å². The van der Waals surface area contributed by atoms with Gasteiger partial charge < -0.3 is 20.5 Å². The Bertz CT molecular complexity index is 1360. The van der Waals surface area contributed by atoms with E-state index in [0.717, 1.165) is 28.6 Å². The maximum atomic E-state index is 11.9. The average Bonchev–Trinajstić information content (AvgIpc) is 3.16. The molecular formula is C24H27N5O4S. The first-order valence-corrected chi connectivity index (χ1v) is 12.5. The van der Waals surface area contributed by atoms with Gasteiger partial charge in [0.15, 0.2) is 9.84 Å². The van der Waals surface area contributed by atoms with Gasteiger partial charge in [-0.1, -0.05) is 6.92 Å². The van der Waals surface area contributed by atoms with Crippen molar-refractivity contribution in [2.45, 2.75) is 23.8 Å². The van der Waals surface area contributed by atoms with Crippen molar-refractivity contribution in [1.29, 1.82) is 0 Å². The molecule has 34 heavy (non-hydrogen) atoms. The molecule has 3 aromatic rings. The summed E-state index contributed by atoms with van der Waals surface area (Å²) in [6, 6.07) is 10.4. The molecule has 2 heterocycles. The molecule has 4 rings (SSSR count). The number of ether oxygens (including phenoxy) is 1. The van der Waals surface area contributed by atoms with Gasteiger partial charge in [-0.3, -0.25) is 4.99 Å². The number of anilines is 3. The molecular weight excluding hydrogens is 454 g/mol. The summed E-state index contributed by atoms with van der Waals surface area (Å²) in [4.78, 5) is 13.2. The van der Waals surface area contributed by atoms with E-state index in [1.54, 1.807) is 18.3 Å². The van der Waals surface area contributed by atoms with Gasteiger partial charge in [0.2, 0.25) is 5.95 Å². The van der Waals surface area contributed by atoms with E-state index in [2.05, 4.69) is 32.3 Å². The quantitative estimate of drug-likeness (QED) is 0.419. The highest BCUT2D eigenvalue weighted by molar-refractivity contribution is 7.90. The number of methoxy groups -OCH3 is 1. The molecule has 1 aromatic heterocycles. The van der Waals surface area contributed by atoms with Crippen LogP contribution in [0.4, 0.5) is 17.3 Å². The number of rotatable bonds is 8. The number of aliphatic hydroxyl groups excluding tert-OH is 1. The van der Waals surface area contributed by atoms with Gasteiger partial charge >= 0.3 is 0 Å². The summed E-state index contributed by atoms with van der Waals surface area (Å²) in [5, 5.41) is 16.5. The fraction of sp³-hybridized carbons (Fsp3) is 0.292. The van der Waals surface area contributed by atoms with Gasteiger partial charge in [0, 0.05) is 41.7 Å². The Morgan fingerprint density at radius 3 is 2.76 bits per heavy atom. The van der Waals surface area contributed by atoms with E-state index < -0.39 is 15.3 Å². The van der Waals surface area contributed by atoms with Crippen molar-refractivity contribution >= 4 is 33.9 Å². The van der Waals surface area contributed by atoms with E-state index in [9.17, 15) is 13.5 Å². The third kappa shape index (κ3) is 4.46. The second kappa shape index (κ2) is 9.03. The van der Waals surface area contributed by atoms with Crippen LogP contribution in [0.2, 0.25) is 0 Å². The molecule has 0 saturated heterocycles. The van der Waals surface area contributed by atoms with E-state index >= 15 is 0 Å². The number of benzene rings is 2. The van der Waals surface area contributed by atoms with Crippen LogP contribution in [0.1, 0.15) is 18.1 Å². The summed E-state index contributed by atoms with van der Waals surface area (Å²) in [7, 11) is -1.90. The largest absolute Gasteiger partial charge is 0.495 e. The molecule has 1 atom stereocenters. The Morgan fingerprint density at radius 2 is 2.09 bits per heavy atom. The lowest BCUT2D eigenvalue weighted by Gasteiger charge is -2.22. The molecule has 0 radical (unpaired) electrons. The molecule has 3 N–H and O–H groups in total. The van der Waals surface area contributed by atoms with E-state index in [1.807, 2.05) is 19.1 Å². The predicted octanol–water partition coefficient (Wildman–Crippen LogP) is 3.18. The Kier molecular flexibility index (Phi) is 6.28. The number of nitrogens with zero attached hydrogens (tertiary/aromatic N) is 3. The van der Waals surface area contributed by atoms with Crippen LogP contribution in [-0.4, -0.2) is 56.7 Å². The lowest BCUT2D eigenvalue weighted by Crippen LogP contribution is -2.28. The molecule has 0 bridgehead atoms. The van der Waals surface area contributed by atoms with Crippen molar-refractivity contribution in [2.75, 3.05) is 37.2 Å². The topological polar surface area (TPSA) is 126 Å². The highest BCUT2D eigenvalue weighted by atomic mass is 32.2. The number of fused-ring (bicyclic) bond motifs is 1. The van der Waals surface area contributed by atoms with Crippen LogP contribution in [0, 0.1) is 0 Å². The van der Waals surface area contributed by atoms with Crippen LogP contribution < -0.4 is 15.4 Å². The van der Waals surface area contributed by atoms with Crippen molar-refractivity contribution in [3.05, 3.63) is 53.7 Å². The summed E-state index contributed by atoms with van der Waals surface area (Å²) in [6.07, 6.45) is 2.79. The number of hydrogen-bond acceptors (Lipinski definition) is 9. The minimum absolute atomic E-state index is 0.0112. The van der Waals surface area contributed by atoms with E-state index in [4.69, 9.17) is 4.74 Å². The van der Waals surface area contributed by atoms with Crippen LogP contribution in [0.15, 0.2) is 52.5 Å². The van der Waals surface area contributed by atoms with Crippen LogP contribution in [-0.2, 0) is 21.8 Å². The third-order valence-electron chi connectivity index (χ3n) is 5.96. The molecule has 0 unspecified atom stereocenters. The van der Waals surface area contributed by atoms with E-state index in [1.165, 1.54) is 19.2 Å². The Hall–Kier alpha value is -3.50. The molecule has 0 spiro atoms. The zero-order valence-corrected chi connectivity index (χ0v) is 20.1. The predicted molar refractivity (Wildman–Crippen MR) is 133 cm³/mol. The van der Waals surface area contributed by atoms with Gasteiger partial charge in [-0.15, -0.1) is 0 Å². The second-order valence-electron chi connectivity index (χ2n) is 8.54. The first-order valence-electron chi connectivity index (χ1n) is 10.6. The maximum absolute atomic E-state index is 11.9. The molecule has 178 valence electrons. The summed E-state index contributed by atoms with van der Waals surface area (Å²) in [5.41, 5.74) is 4.65. The molecule has 0 aliphatic carbocycles. The molecule has 10 heteroatoms. The summed E-state index contributed by atoms with van der Waals surface area (Å²) in [6.45, 7) is 6.72. The number of aliphatic hydroxyl groups is 1. The van der Waals surface area contributed by atoms with Gasteiger partial charge in [-0.25, -0.2) is 18.4 Å². The highest BCUT2D eigenvalue weighted by Gasteiger charge is 2.35. The lowest BCUT2D eigenvalue weighted by molar-refractivity contribution is 0.219. The minimum atomic E-state index is -3.37. The van der Waals surface area contributed by atoms with Crippen molar-refractivity contribution in [2.24, 2.45) is 4.99 Å². The molecule has 9 nitrogen and oxygen atoms in total. The van der Waals surface area contributed by atoms with Crippen molar-refractivity contribution in [1.82, 2.24) is 9.97 Å². The second-order valence-corrected chi connectivity index (χ2v) is 10.6. The summed E-state index contributed by atoms with van der Waals surface area (Å²) < 4.78 is 29.1. The molecule has 1 aliphatic heterocycles. The molecule has 1 aliphatic rings. The number of hydrogen-bond donors (Lipinski definition) is 3. The Balaban J connectivity index is 1.72. The van der Waals surface area contributed by atoms with Crippen LogP contribution in [0.25, 0.3) is 11.3 Å². The number of nitrogens with one attached hydrogen (secondary N) is 2. The van der Waals surface area contributed by atoms with Gasteiger partial charge in [-0.2, -0.15) is 0 Å². The first-order chi connectivity index (χ1) is 16.2. The minimum Gasteiger partial charge on any atom is -0.495 e. The molecule has 2 aromatic carbocycles. The monoisotopic (exact) mass is 481 g/mol. The maximum Gasteiger partial charge on any atom is 0.227 e. The lowest BCUT2D eigenvalue weighted by atomic mass is 9.83. The van der Waals surface area contributed by atoms with Crippen LogP contribution >= 0.6 is 0 Å². The standard InChI is InChI=1S/C24H27N5O4S/c1-24(14-30)13-27-22-16(12-25-2)9-15(10-18(22)24)19-7-8-26-23(28-19)29-20-6-5-17(34(4,31)32)11-21(20)33-3/h5-11,27,30H,2,12-14H2,1,3-4H3,(H,26,28,29)/t24-/m1/s1. The average molecular weight is 482 g/mol. The van der Waals surface area contributed by atoms with Crippen molar-refractivity contribution < 1.29 is 18.3 Å².